The van der Waals surface area contributed by atoms with Crippen LogP contribution in [-0.2, 0) is 18.3 Å². The van der Waals surface area contributed by atoms with E-state index in [1.54, 1.807) is 13.2 Å². The number of aryl methyl sites for hydroxylation is 4. The highest BCUT2D eigenvalue weighted by Crippen LogP contribution is 2.41. The molecule has 0 aliphatic heterocycles. The van der Waals surface area contributed by atoms with E-state index >= 15 is 0 Å². The molecule has 31 heavy (non-hydrogen) atoms. The number of ketones is 1. The van der Waals surface area contributed by atoms with E-state index in [2.05, 4.69) is 18.7 Å². The minimum absolute atomic E-state index is 0.107. The summed E-state index contributed by atoms with van der Waals surface area (Å²) in [7, 11) is 3.20. The number of rotatable bonds is 7. The Kier molecular flexibility index (Phi) is 6.44. The van der Waals surface area contributed by atoms with Gasteiger partial charge in [-0.2, -0.15) is 0 Å². The van der Waals surface area contributed by atoms with Crippen molar-refractivity contribution in [1.82, 2.24) is 4.57 Å². The summed E-state index contributed by atoms with van der Waals surface area (Å²) in [5.41, 5.74) is 5.16. The quantitative estimate of drug-likeness (QED) is 0.503. The van der Waals surface area contributed by atoms with Gasteiger partial charge in [-0.15, -0.1) is 0 Å². The Morgan fingerprint density at radius 3 is 2.39 bits per heavy atom. The summed E-state index contributed by atoms with van der Waals surface area (Å²) >= 11 is 0. The highest BCUT2D eigenvalue weighted by Gasteiger charge is 2.20. The first kappa shape index (κ1) is 22.1. The Morgan fingerprint density at radius 1 is 1.10 bits per heavy atom. The van der Waals surface area contributed by atoms with Gasteiger partial charge in [0.25, 0.3) is 5.56 Å². The van der Waals surface area contributed by atoms with Gasteiger partial charge in [0, 0.05) is 36.9 Å². The molecule has 0 amide bonds. The lowest BCUT2D eigenvalue weighted by Gasteiger charge is -2.20. The normalized spacial score (nSPS) is 10.6. The van der Waals surface area contributed by atoms with Crippen molar-refractivity contribution in [3.05, 3.63) is 87.9 Å². The molecular formula is C26H27NO4. The molecule has 5 heteroatoms. The van der Waals surface area contributed by atoms with E-state index in [0.29, 0.717) is 22.6 Å². The molecule has 0 bridgehead atoms. The Bertz CT molecular complexity index is 1200. The van der Waals surface area contributed by atoms with Crippen molar-refractivity contribution in [2.45, 2.75) is 27.2 Å². The predicted molar refractivity (Wildman–Crippen MR) is 123 cm³/mol. The average Bonchev–Trinajstić information content (AvgIpc) is 2.72. The van der Waals surface area contributed by atoms with Crippen LogP contribution in [0.5, 0.6) is 17.2 Å². The number of methoxy groups -OCH3 is 1. The van der Waals surface area contributed by atoms with Crippen LogP contribution in [0, 0.1) is 20.8 Å². The van der Waals surface area contributed by atoms with Gasteiger partial charge in [0.1, 0.15) is 17.2 Å². The fourth-order valence-corrected chi connectivity index (χ4v) is 3.78. The van der Waals surface area contributed by atoms with Crippen LogP contribution < -0.4 is 15.0 Å². The largest absolute Gasteiger partial charge is 0.496 e. The van der Waals surface area contributed by atoms with Gasteiger partial charge < -0.3 is 14.0 Å². The van der Waals surface area contributed by atoms with Crippen LogP contribution in [0.4, 0.5) is 0 Å². The molecule has 3 rings (SSSR count). The van der Waals surface area contributed by atoms with E-state index in [4.69, 9.17) is 9.47 Å². The molecule has 0 spiro atoms. The lowest BCUT2D eigenvalue weighted by molar-refractivity contribution is -0.114. The third kappa shape index (κ3) is 4.61. The van der Waals surface area contributed by atoms with Crippen LogP contribution in [0.1, 0.15) is 22.3 Å². The summed E-state index contributed by atoms with van der Waals surface area (Å²) in [5, 5.41) is 0. The number of pyridine rings is 1. The zero-order valence-electron chi connectivity index (χ0n) is 18.6. The second-order valence-corrected chi connectivity index (χ2v) is 7.67. The third-order valence-electron chi connectivity index (χ3n) is 5.20. The van der Waals surface area contributed by atoms with Gasteiger partial charge in [0.05, 0.1) is 7.11 Å². The number of carbonyl (C=O) groups is 1. The maximum atomic E-state index is 12.2. The van der Waals surface area contributed by atoms with Gasteiger partial charge in [0.15, 0.2) is 5.78 Å². The van der Waals surface area contributed by atoms with Crippen molar-refractivity contribution >= 4 is 5.78 Å². The first-order valence-electron chi connectivity index (χ1n) is 10.0. The topological polar surface area (TPSA) is 57.5 Å². The number of benzene rings is 2. The predicted octanol–water partition coefficient (Wildman–Crippen LogP) is 5.08. The fraction of sp³-hybridized carbons (Fsp3) is 0.231. The molecule has 1 aromatic heterocycles. The van der Waals surface area contributed by atoms with Crippen LogP contribution in [0.15, 0.2) is 60.0 Å². The van der Waals surface area contributed by atoms with Crippen molar-refractivity contribution in [3.63, 3.8) is 0 Å². The van der Waals surface area contributed by atoms with Gasteiger partial charge in [0.2, 0.25) is 0 Å². The fourth-order valence-electron chi connectivity index (χ4n) is 3.78. The highest BCUT2D eigenvalue weighted by atomic mass is 16.5. The van der Waals surface area contributed by atoms with E-state index in [9.17, 15) is 9.59 Å². The minimum atomic E-state index is -0.187. The van der Waals surface area contributed by atoms with Crippen LogP contribution in [0.25, 0.3) is 11.1 Å². The van der Waals surface area contributed by atoms with Crippen LogP contribution >= 0.6 is 0 Å². The number of aromatic nitrogens is 1. The lowest BCUT2D eigenvalue weighted by Crippen LogP contribution is -2.16. The zero-order chi connectivity index (χ0) is 22.7. The molecule has 0 radical (unpaired) electrons. The smallest absolute Gasteiger partial charge is 0.254 e. The molecule has 3 aromatic rings. The van der Waals surface area contributed by atoms with Crippen LogP contribution in [0.3, 0.4) is 0 Å². The molecule has 2 aromatic carbocycles. The van der Waals surface area contributed by atoms with Gasteiger partial charge in [-0.1, -0.05) is 36.4 Å². The van der Waals surface area contributed by atoms with E-state index in [0.717, 1.165) is 28.0 Å². The molecule has 0 unspecified atom stereocenters. The van der Waals surface area contributed by atoms with Crippen LogP contribution in [-0.4, -0.2) is 17.5 Å². The summed E-state index contributed by atoms with van der Waals surface area (Å²) in [6.07, 6.45) is 3.18. The maximum absolute atomic E-state index is 12.2. The number of allylic oxidation sites excluding steroid dienone is 1. The van der Waals surface area contributed by atoms with Gasteiger partial charge in [-0.25, -0.2) is 0 Å². The SMILES string of the molecule is C=CC(=O)Cc1cccc(Oc2c(C)cc(C)cc2C)c1-c1cn(C)c(=O)cc1OC. The van der Waals surface area contributed by atoms with E-state index < -0.39 is 0 Å². The molecule has 0 aliphatic carbocycles. The average molecular weight is 418 g/mol. The molecule has 0 fully saturated rings. The number of hydrogen-bond acceptors (Lipinski definition) is 4. The van der Waals surface area contributed by atoms with Crippen molar-refractivity contribution < 1.29 is 14.3 Å². The summed E-state index contributed by atoms with van der Waals surface area (Å²) in [4.78, 5) is 24.4. The van der Waals surface area contributed by atoms with E-state index in [1.165, 1.54) is 23.8 Å². The molecular weight excluding hydrogens is 390 g/mol. The minimum Gasteiger partial charge on any atom is -0.496 e. The molecule has 0 N–H and O–H groups in total. The Hall–Kier alpha value is -3.60. The molecule has 0 aliphatic rings. The van der Waals surface area contributed by atoms with Crippen molar-refractivity contribution in [1.29, 1.82) is 0 Å². The number of nitrogens with zero attached hydrogens (tertiary/aromatic N) is 1. The number of ether oxygens (including phenoxy) is 2. The Morgan fingerprint density at radius 2 is 1.77 bits per heavy atom. The monoisotopic (exact) mass is 417 g/mol. The van der Waals surface area contributed by atoms with Crippen LogP contribution in [0.2, 0.25) is 0 Å². The summed E-state index contributed by atoms with van der Waals surface area (Å²) in [6, 6.07) is 11.2. The number of carbonyl (C=O) groups excluding carboxylic acids is 1. The molecule has 0 atom stereocenters. The van der Waals surface area contributed by atoms with Gasteiger partial charge in [-0.3, -0.25) is 9.59 Å². The number of hydrogen-bond donors (Lipinski definition) is 0. The van der Waals surface area contributed by atoms with Gasteiger partial charge >= 0.3 is 0 Å². The molecule has 1 heterocycles. The summed E-state index contributed by atoms with van der Waals surface area (Å²) in [6.45, 7) is 9.65. The molecule has 160 valence electrons. The lowest BCUT2D eigenvalue weighted by atomic mass is 9.95. The van der Waals surface area contributed by atoms with Crippen molar-refractivity contribution in [2.24, 2.45) is 7.05 Å². The van der Waals surface area contributed by atoms with E-state index in [1.807, 2.05) is 39.0 Å². The van der Waals surface area contributed by atoms with Crippen molar-refractivity contribution in [2.75, 3.05) is 7.11 Å². The zero-order valence-corrected chi connectivity index (χ0v) is 18.6. The van der Waals surface area contributed by atoms with Gasteiger partial charge in [-0.05, 0) is 49.6 Å². The Labute approximate surface area is 182 Å². The Balaban J connectivity index is 2.28. The second-order valence-electron chi connectivity index (χ2n) is 7.67. The maximum Gasteiger partial charge on any atom is 0.254 e. The second kappa shape index (κ2) is 9.04. The molecule has 0 saturated carbocycles. The first-order chi connectivity index (χ1) is 14.7. The first-order valence-corrected chi connectivity index (χ1v) is 10.0. The molecule has 5 nitrogen and oxygen atoms in total. The summed E-state index contributed by atoms with van der Waals surface area (Å²) < 4.78 is 13.4. The summed E-state index contributed by atoms with van der Waals surface area (Å²) in [5.74, 6) is 1.66. The van der Waals surface area contributed by atoms with Crippen molar-refractivity contribution in [3.8, 4) is 28.4 Å². The highest BCUT2D eigenvalue weighted by molar-refractivity contribution is 5.93. The standard InChI is InChI=1S/C26H27NO4/c1-7-20(28)13-19-9-8-10-22(31-26-17(3)11-16(2)12-18(26)4)25(19)21-15-27(5)24(29)14-23(21)30-6/h7-12,14-15H,1,13H2,2-6H3. The molecule has 0 saturated heterocycles. The van der Waals surface area contributed by atoms with E-state index in [-0.39, 0.29) is 17.8 Å². The third-order valence-corrected chi connectivity index (χ3v) is 5.20.